The summed E-state index contributed by atoms with van der Waals surface area (Å²) >= 11 is 3.25. The third kappa shape index (κ3) is 3.35. The molecule has 0 saturated heterocycles. The lowest BCUT2D eigenvalue weighted by atomic mass is 10.3. The maximum atomic E-state index is 12.1. The summed E-state index contributed by atoms with van der Waals surface area (Å²) in [5.41, 5.74) is 0. The quantitative estimate of drug-likeness (QED) is 0.861. The molecule has 0 aliphatic rings. The minimum Gasteiger partial charge on any atom is -0.496 e. The van der Waals surface area contributed by atoms with Crippen LogP contribution in [0.4, 0.5) is 0 Å². The Labute approximate surface area is 125 Å². The van der Waals surface area contributed by atoms with Gasteiger partial charge in [0.2, 0.25) is 10.0 Å². The Hall–Kier alpha value is -1.45. The Bertz CT molecular complexity index is 714. The summed E-state index contributed by atoms with van der Waals surface area (Å²) in [5, 5.41) is 4.00. The largest absolute Gasteiger partial charge is 0.496 e. The highest BCUT2D eigenvalue weighted by molar-refractivity contribution is 9.10. The second-order valence-electron chi connectivity index (χ2n) is 3.96. The van der Waals surface area contributed by atoms with Gasteiger partial charge in [-0.1, -0.05) is 0 Å². The first-order valence-electron chi connectivity index (χ1n) is 5.60. The number of rotatable bonds is 5. The summed E-state index contributed by atoms with van der Waals surface area (Å²) in [7, 11) is -0.394. The van der Waals surface area contributed by atoms with Crippen molar-refractivity contribution in [3.8, 4) is 5.75 Å². The molecule has 0 radical (unpaired) electrons. The SMILES string of the molecule is COc1ccc(S(=O)(=O)NCc2ncn(C)n2)cc1Br. The smallest absolute Gasteiger partial charge is 0.241 e. The van der Waals surface area contributed by atoms with Crippen molar-refractivity contribution >= 4 is 26.0 Å². The van der Waals surface area contributed by atoms with E-state index < -0.39 is 10.0 Å². The summed E-state index contributed by atoms with van der Waals surface area (Å²) in [6.07, 6.45) is 1.51. The van der Waals surface area contributed by atoms with Crippen molar-refractivity contribution in [3.05, 3.63) is 34.8 Å². The monoisotopic (exact) mass is 360 g/mol. The minimum atomic E-state index is -3.62. The zero-order valence-electron chi connectivity index (χ0n) is 10.9. The van der Waals surface area contributed by atoms with Gasteiger partial charge in [0.15, 0.2) is 5.82 Å². The van der Waals surface area contributed by atoms with Crippen LogP contribution in [-0.2, 0) is 23.6 Å². The average Bonchev–Trinajstić information content (AvgIpc) is 2.82. The van der Waals surface area contributed by atoms with Crippen molar-refractivity contribution in [2.75, 3.05) is 7.11 Å². The molecule has 9 heteroatoms. The van der Waals surface area contributed by atoms with Gasteiger partial charge >= 0.3 is 0 Å². The van der Waals surface area contributed by atoms with Crippen molar-refractivity contribution in [3.63, 3.8) is 0 Å². The highest BCUT2D eigenvalue weighted by Crippen LogP contribution is 2.27. The van der Waals surface area contributed by atoms with E-state index in [1.165, 1.54) is 30.3 Å². The van der Waals surface area contributed by atoms with Crippen molar-refractivity contribution in [2.24, 2.45) is 7.05 Å². The first-order valence-corrected chi connectivity index (χ1v) is 7.88. The van der Waals surface area contributed by atoms with Gasteiger partial charge in [-0.25, -0.2) is 18.1 Å². The van der Waals surface area contributed by atoms with Gasteiger partial charge < -0.3 is 4.74 Å². The molecule has 0 saturated carbocycles. The van der Waals surface area contributed by atoms with Crippen LogP contribution in [0.1, 0.15) is 5.82 Å². The predicted octanol–water partition coefficient (Wildman–Crippen LogP) is 1.06. The van der Waals surface area contributed by atoms with Gasteiger partial charge in [0.05, 0.1) is 23.0 Å². The van der Waals surface area contributed by atoms with E-state index in [2.05, 4.69) is 30.7 Å². The molecule has 2 aromatic rings. The second kappa shape index (κ2) is 5.90. The highest BCUT2D eigenvalue weighted by atomic mass is 79.9. The van der Waals surface area contributed by atoms with Crippen molar-refractivity contribution in [2.45, 2.75) is 11.4 Å². The van der Waals surface area contributed by atoms with Crippen molar-refractivity contribution in [1.82, 2.24) is 19.5 Å². The molecule has 1 heterocycles. The zero-order valence-corrected chi connectivity index (χ0v) is 13.3. The molecule has 20 heavy (non-hydrogen) atoms. The number of hydrogen-bond acceptors (Lipinski definition) is 5. The Kier molecular flexibility index (Phi) is 4.41. The molecule has 1 aromatic carbocycles. The third-order valence-electron chi connectivity index (χ3n) is 2.50. The third-order valence-corrected chi connectivity index (χ3v) is 4.52. The number of sulfonamides is 1. The summed E-state index contributed by atoms with van der Waals surface area (Å²) in [4.78, 5) is 4.09. The normalized spacial score (nSPS) is 11.6. The lowest BCUT2D eigenvalue weighted by Crippen LogP contribution is -2.24. The van der Waals surface area contributed by atoms with Crippen molar-refractivity contribution in [1.29, 1.82) is 0 Å². The van der Waals surface area contributed by atoms with Gasteiger partial charge in [-0.05, 0) is 34.1 Å². The van der Waals surface area contributed by atoms with Gasteiger partial charge in [-0.3, -0.25) is 4.68 Å². The molecule has 0 unspecified atom stereocenters. The first-order chi connectivity index (χ1) is 9.42. The van der Waals surface area contributed by atoms with E-state index in [-0.39, 0.29) is 11.4 Å². The van der Waals surface area contributed by atoms with E-state index in [0.717, 1.165) is 0 Å². The van der Waals surface area contributed by atoms with Crippen LogP contribution < -0.4 is 9.46 Å². The molecule has 0 aliphatic heterocycles. The van der Waals surface area contributed by atoms with Gasteiger partial charge in [-0.2, -0.15) is 5.10 Å². The highest BCUT2D eigenvalue weighted by Gasteiger charge is 2.16. The van der Waals surface area contributed by atoms with Crippen LogP contribution in [0.2, 0.25) is 0 Å². The van der Waals surface area contributed by atoms with E-state index in [0.29, 0.717) is 16.0 Å². The molecular weight excluding hydrogens is 348 g/mol. The van der Waals surface area contributed by atoms with E-state index in [9.17, 15) is 8.42 Å². The van der Waals surface area contributed by atoms with Crippen LogP contribution in [0.3, 0.4) is 0 Å². The lowest BCUT2D eigenvalue weighted by molar-refractivity contribution is 0.411. The average molecular weight is 361 g/mol. The van der Waals surface area contributed by atoms with E-state index in [1.54, 1.807) is 13.1 Å². The molecule has 0 amide bonds. The summed E-state index contributed by atoms with van der Waals surface area (Å²) in [5.74, 6) is 0.971. The Morgan fingerprint density at radius 1 is 1.45 bits per heavy atom. The van der Waals surface area contributed by atoms with Crippen LogP contribution in [0.15, 0.2) is 33.9 Å². The van der Waals surface area contributed by atoms with E-state index >= 15 is 0 Å². The maximum absolute atomic E-state index is 12.1. The van der Waals surface area contributed by atoms with Gasteiger partial charge in [-0.15, -0.1) is 0 Å². The lowest BCUT2D eigenvalue weighted by Gasteiger charge is -2.08. The molecule has 7 nitrogen and oxygen atoms in total. The van der Waals surface area contributed by atoms with Crippen LogP contribution in [0, 0.1) is 0 Å². The number of nitrogens with zero attached hydrogens (tertiary/aromatic N) is 3. The predicted molar refractivity (Wildman–Crippen MR) is 75.7 cm³/mol. The molecule has 108 valence electrons. The number of aryl methyl sites for hydroxylation is 1. The summed E-state index contributed by atoms with van der Waals surface area (Å²) < 4.78 is 33.8. The molecule has 1 N–H and O–H groups in total. The van der Waals surface area contributed by atoms with Crippen LogP contribution in [-0.4, -0.2) is 30.3 Å². The van der Waals surface area contributed by atoms with Gasteiger partial charge in [0.1, 0.15) is 12.1 Å². The molecule has 0 bridgehead atoms. The van der Waals surface area contributed by atoms with E-state index in [1.807, 2.05) is 0 Å². The van der Waals surface area contributed by atoms with Crippen LogP contribution in [0.25, 0.3) is 0 Å². The van der Waals surface area contributed by atoms with Gasteiger partial charge in [0.25, 0.3) is 0 Å². The molecular formula is C11H13BrN4O3S. The number of aromatic nitrogens is 3. The van der Waals surface area contributed by atoms with Crippen LogP contribution >= 0.6 is 15.9 Å². The number of halogens is 1. The zero-order chi connectivity index (χ0) is 14.8. The fourth-order valence-electron chi connectivity index (χ4n) is 1.52. The maximum Gasteiger partial charge on any atom is 0.241 e. The second-order valence-corrected chi connectivity index (χ2v) is 6.58. The Balaban J connectivity index is 2.15. The fourth-order valence-corrected chi connectivity index (χ4v) is 3.22. The standard InChI is InChI=1S/C11H13BrN4O3S/c1-16-7-13-11(15-16)6-14-20(17,18)8-3-4-10(19-2)9(12)5-8/h3-5,7,14H,6H2,1-2H3. The number of nitrogens with one attached hydrogen (secondary N) is 1. The molecule has 1 aromatic heterocycles. The Morgan fingerprint density at radius 3 is 2.75 bits per heavy atom. The number of benzene rings is 1. The number of methoxy groups -OCH3 is 1. The molecule has 0 aliphatic carbocycles. The summed E-state index contributed by atoms with van der Waals surface area (Å²) in [6.45, 7) is 0.0345. The molecule has 0 spiro atoms. The first kappa shape index (κ1) is 14.9. The topological polar surface area (TPSA) is 86.1 Å². The summed E-state index contributed by atoms with van der Waals surface area (Å²) in [6, 6.07) is 4.53. The minimum absolute atomic E-state index is 0.0345. The fraction of sp³-hybridized carbons (Fsp3) is 0.273. The van der Waals surface area contributed by atoms with Gasteiger partial charge in [0, 0.05) is 7.05 Å². The van der Waals surface area contributed by atoms with Crippen LogP contribution in [0.5, 0.6) is 5.75 Å². The van der Waals surface area contributed by atoms with Crippen molar-refractivity contribution < 1.29 is 13.2 Å². The van der Waals surface area contributed by atoms with E-state index in [4.69, 9.17) is 4.74 Å². The molecule has 0 fully saturated rings. The molecule has 2 rings (SSSR count). The number of hydrogen-bond donors (Lipinski definition) is 1. The Morgan fingerprint density at radius 2 is 2.20 bits per heavy atom. The number of ether oxygens (including phenoxy) is 1. The molecule has 0 atom stereocenters.